The van der Waals surface area contributed by atoms with Crippen LogP contribution in [0.3, 0.4) is 0 Å². The Hall–Kier alpha value is -5.94. The molecule has 6 heteroatoms. The summed E-state index contributed by atoms with van der Waals surface area (Å²) < 4.78 is 0. The van der Waals surface area contributed by atoms with Crippen LogP contribution >= 0.6 is 0 Å². The van der Waals surface area contributed by atoms with E-state index in [1.807, 2.05) is 48.8 Å². The normalized spacial score (nSPS) is 13.0. The van der Waals surface area contributed by atoms with Gasteiger partial charge in [0.1, 0.15) is 11.6 Å². The summed E-state index contributed by atoms with van der Waals surface area (Å²) in [5.74, 6) is 2.27. The fraction of sp³-hybridized carbons (Fsp3) is 0.204. The molecular weight excluding hydrogens is 911 g/mol. The second kappa shape index (κ2) is 15.6. The molecule has 6 aromatic carbocycles. The van der Waals surface area contributed by atoms with Crippen molar-refractivity contribution in [1.82, 2.24) is 24.9 Å². The fourth-order valence-electron chi connectivity index (χ4n) is 8.16. The molecule has 0 N–H and O–H groups in total. The molecule has 0 spiro atoms. The Labute approximate surface area is 366 Å². The fourth-order valence-corrected chi connectivity index (χ4v) is 8.16. The first kappa shape index (κ1) is 40.8. The van der Waals surface area contributed by atoms with Gasteiger partial charge >= 0.3 is 0 Å². The van der Waals surface area contributed by atoms with Gasteiger partial charge in [0.2, 0.25) is 0 Å². The van der Waals surface area contributed by atoms with Crippen LogP contribution in [0.15, 0.2) is 140 Å². The van der Waals surface area contributed by atoms with Crippen molar-refractivity contribution in [3.63, 3.8) is 0 Å². The van der Waals surface area contributed by atoms with Crippen LogP contribution in [-0.4, -0.2) is 24.9 Å². The van der Waals surface area contributed by atoms with E-state index in [1.54, 1.807) is 0 Å². The molecule has 0 bridgehead atoms. The van der Waals surface area contributed by atoms with Crippen LogP contribution in [0.25, 0.3) is 77.3 Å². The summed E-state index contributed by atoms with van der Waals surface area (Å²) in [7, 11) is 0. The van der Waals surface area contributed by atoms with Gasteiger partial charge in [-0.25, -0.2) is 15.0 Å². The van der Waals surface area contributed by atoms with Gasteiger partial charge in [0.25, 0.3) is 0 Å². The molecule has 0 saturated carbocycles. The van der Waals surface area contributed by atoms with Crippen LogP contribution in [0, 0.1) is 12.1 Å². The first-order valence-corrected chi connectivity index (χ1v) is 20.3. The van der Waals surface area contributed by atoms with E-state index in [0.717, 1.165) is 39.7 Å². The van der Waals surface area contributed by atoms with E-state index in [0.29, 0.717) is 5.82 Å². The van der Waals surface area contributed by atoms with Crippen LogP contribution in [0.2, 0.25) is 0 Å². The summed E-state index contributed by atoms with van der Waals surface area (Å²) in [5.41, 5.74) is 9.81. The van der Waals surface area contributed by atoms with Gasteiger partial charge in [0.15, 0.2) is 5.82 Å². The Morgan fingerprint density at radius 1 is 0.533 bits per heavy atom. The molecule has 299 valence electrons. The van der Waals surface area contributed by atoms with E-state index < -0.39 is 0 Å². The molecule has 3 heterocycles. The van der Waals surface area contributed by atoms with E-state index in [2.05, 4.69) is 164 Å². The van der Waals surface area contributed by atoms with Gasteiger partial charge < -0.3 is 9.97 Å². The van der Waals surface area contributed by atoms with Gasteiger partial charge in [-0.3, -0.25) is 0 Å². The average Bonchev–Trinajstić information content (AvgIpc) is 3.48. The van der Waals surface area contributed by atoms with Crippen LogP contribution in [-0.2, 0) is 36.4 Å². The van der Waals surface area contributed by atoms with Crippen molar-refractivity contribution in [3.8, 4) is 45.0 Å². The van der Waals surface area contributed by atoms with Gasteiger partial charge in [0.05, 0.1) is 0 Å². The quantitative estimate of drug-likeness (QED) is 0.130. The van der Waals surface area contributed by atoms with Gasteiger partial charge in [-0.2, -0.15) is 0 Å². The first-order valence-electron chi connectivity index (χ1n) is 20.3. The third-order valence-corrected chi connectivity index (χ3v) is 11.4. The maximum atomic E-state index is 4.84. The maximum Gasteiger partial charge on any atom is 0.164 e. The van der Waals surface area contributed by atoms with Crippen molar-refractivity contribution in [2.75, 3.05) is 0 Å². The van der Waals surface area contributed by atoms with Crippen molar-refractivity contribution in [3.05, 3.63) is 175 Å². The number of benzene rings is 6. The van der Waals surface area contributed by atoms with Crippen LogP contribution in [0.4, 0.5) is 0 Å². The van der Waals surface area contributed by atoms with Crippen molar-refractivity contribution in [2.45, 2.75) is 71.6 Å². The predicted molar refractivity (Wildman–Crippen MR) is 243 cm³/mol. The second-order valence-electron chi connectivity index (χ2n) is 18.1. The molecule has 9 aromatic rings. The second-order valence-corrected chi connectivity index (χ2v) is 18.1. The van der Waals surface area contributed by atoms with E-state index in [1.165, 1.54) is 54.6 Å². The molecule has 0 fully saturated rings. The third-order valence-electron chi connectivity index (χ3n) is 11.4. The number of hydrogen-bond donors (Lipinski definition) is 0. The number of nitrogens with zero attached hydrogens (tertiary/aromatic N) is 5. The molecule has 3 aromatic heterocycles. The molecule has 0 saturated heterocycles. The summed E-state index contributed by atoms with van der Waals surface area (Å²) in [5, 5.41) is 7.52. The van der Waals surface area contributed by atoms with E-state index >= 15 is 0 Å². The van der Waals surface area contributed by atoms with Crippen LogP contribution in [0.1, 0.15) is 78.2 Å². The Balaban J connectivity index is 0.000000169. The number of pyridine rings is 2. The van der Waals surface area contributed by atoms with Crippen molar-refractivity contribution in [1.29, 1.82) is 0 Å². The zero-order valence-electron chi connectivity index (χ0n) is 35.3. The minimum absolute atomic E-state index is 0. The molecule has 0 aliphatic heterocycles. The Morgan fingerprint density at radius 2 is 1.20 bits per heavy atom. The Bertz CT molecular complexity index is 3000. The molecule has 10 rings (SSSR count). The topological polar surface area (TPSA) is 64.5 Å². The smallest absolute Gasteiger partial charge is 0.164 e. The van der Waals surface area contributed by atoms with E-state index in [9.17, 15) is 0 Å². The molecule has 0 atom stereocenters. The summed E-state index contributed by atoms with van der Waals surface area (Å²) in [6.45, 7) is 17.3. The van der Waals surface area contributed by atoms with Crippen molar-refractivity contribution in [2.24, 2.45) is 0 Å². The van der Waals surface area contributed by atoms with E-state index in [4.69, 9.17) is 19.9 Å². The number of rotatable bonds is 3. The van der Waals surface area contributed by atoms with E-state index in [-0.39, 0.29) is 36.4 Å². The molecule has 0 amide bonds. The first-order chi connectivity index (χ1) is 28.3. The standard InChI is InChI=1S/C32H22N.C22H25N4.Ir/c1-32(2)29-10-6-5-9-26(29)27-14-12-21(19-30(27)32)31-28-16-15-23-22-8-4-3-7-20(22)11-13-24(23)25(28)17-18-33-31;1-21(2,3)19-24-18(25-20(26-19)22(4,5)6)16-12-13-17(23-14-16)15-10-8-7-9-11-15;/h3-11,13-19H,1-2H3;7-10,12-14H,1-6H3;/q2*-1;. The zero-order valence-corrected chi connectivity index (χ0v) is 37.7. The predicted octanol–water partition coefficient (Wildman–Crippen LogP) is 13.3. The average molecular weight is 958 g/mol. The molecule has 0 unspecified atom stereocenters. The Morgan fingerprint density at radius 3 is 1.92 bits per heavy atom. The zero-order chi connectivity index (χ0) is 41.1. The molecular formula is C54H47IrN5-2. The maximum absolute atomic E-state index is 4.84. The SMILES string of the molecule is CC(C)(C)c1nc(-c2ccc(-c3[c-]cccc3)nc2)nc(C(C)(C)C)n1.CC1(C)c2ccccc2-c2c[c-]c(-c3nccc4c3ccc3c5ccccc5ccc43)cc21.[Ir]. The number of fused-ring (bicyclic) bond motifs is 8. The molecule has 1 radical (unpaired) electrons. The van der Waals surface area contributed by atoms with Gasteiger partial charge in [-0.15, -0.1) is 65.2 Å². The summed E-state index contributed by atoms with van der Waals surface area (Å²) in [4.78, 5) is 23.6. The largest absolute Gasteiger partial charge is 0.304 e. The minimum atomic E-state index is -0.149. The summed E-state index contributed by atoms with van der Waals surface area (Å²) in [6.07, 6.45) is 3.76. The van der Waals surface area contributed by atoms with Gasteiger partial charge in [-0.1, -0.05) is 151 Å². The van der Waals surface area contributed by atoms with Crippen molar-refractivity contribution < 1.29 is 20.1 Å². The number of hydrogen-bond acceptors (Lipinski definition) is 5. The molecule has 60 heavy (non-hydrogen) atoms. The monoisotopic (exact) mass is 958 g/mol. The van der Waals surface area contributed by atoms with Crippen LogP contribution < -0.4 is 0 Å². The van der Waals surface area contributed by atoms with Crippen LogP contribution in [0.5, 0.6) is 0 Å². The number of aromatic nitrogens is 5. The minimum Gasteiger partial charge on any atom is -0.304 e. The van der Waals surface area contributed by atoms with Crippen molar-refractivity contribution >= 4 is 32.3 Å². The van der Waals surface area contributed by atoms with Gasteiger partial charge in [0, 0.05) is 48.9 Å². The Kier molecular flexibility index (Phi) is 10.6. The van der Waals surface area contributed by atoms with Gasteiger partial charge in [-0.05, 0) is 60.8 Å². The summed E-state index contributed by atoms with van der Waals surface area (Å²) in [6, 6.07) is 51.5. The third kappa shape index (κ3) is 7.44. The molecule has 1 aliphatic rings. The summed E-state index contributed by atoms with van der Waals surface area (Å²) >= 11 is 0. The molecule has 5 nitrogen and oxygen atoms in total. The molecule has 1 aliphatic carbocycles.